The summed E-state index contributed by atoms with van der Waals surface area (Å²) in [6, 6.07) is 15.1. The first-order valence-corrected chi connectivity index (χ1v) is 7.68. The van der Waals surface area contributed by atoms with Gasteiger partial charge in [-0.1, -0.05) is 41.1 Å². The highest BCUT2D eigenvalue weighted by Crippen LogP contribution is 2.21. The Morgan fingerprint density at radius 1 is 1.24 bits per heavy atom. The number of carbonyl (C=O) groups is 1. The summed E-state index contributed by atoms with van der Waals surface area (Å²) in [6.45, 7) is 3.89. The Morgan fingerprint density at radius 3 is 2.57 bits per heavy atom. The number of hydrogen-bond donors (Lipinski definition) is 1. The number of aryl methyl sites for hydroxylation is 1. The van der Waals surface area contributed by atoms with Gasteiger partial charge in [-0.25, -0.2) is 0 Å². The lowest BCUT2D eigenvalue weighted by atomic mass is 10.2. The predicted octanol–water partition coefficient (Wildman–Crippen LogP) is 4.55. The number of para-hydroxylation sites is 1. The molecule has 3 nitrogen and oxygen atoms in total. The van der Waals surface area contributed by atoms with E-state index < -0.39 is 6.10 Å². The van der Waals surface area contributed by atoms with E-state index in [0.717, 1.165) is 15.7 Å². The molecule has 1 N–H and O–H groups in total. The first kappa shape index (κ1) is 15.6. The van der Waals surface area contributed by atoms with Crippen molar-refractivity contribution >= 4 is 27.5 Å². The average molecular weight is 348 g/mol. The van der Waals surface area contributed by atoms with Crippen molar-refractivity contribution in [2.45, 2.75) is 26.4 Å². The third kappa shape index (κ3) is 4.33. The Balaban J connectivity index is 2.06. The molecule has 2 aromatic rings. The lowest BCUT2D eigenvalue weighted by Crippen LogP contribution is -2.32. The minimum absolute atomic E-state index is 0.133. The fourth-order valence-electron chi connectivity index (χ4n) is 1.97. The molecule has 0 aliphatic heterocycles. The monoisotopic (exact) mass is 347 g/mol. The van der Waals surface area contributed by atoms with Gasteiger partial charge in [-0.2, -0.15) is 0 Å². The number of amides is 1. The number of benzene rings is 2. The van der Waals surface area contributed by atoms with Gasteiger partial charge in [0, 0.05) is 10.2 Å². The van der Waals surface area contributed by atoms with Crippen molar-refractivity contribution < 1.29 is 9.53 Å². The summed E-state index contributed by atoms with van der Waals surface area (Å²) in [5, 5.41) is 2.92. The smallest absolute Gasteiger partial charge is 0.265 e. The molecule has 4 heteroatoms. The molecule has 21 heavy (non-hydrogen) atoms. The minimum atomic E-state index is -0.504. The number of halogens is 1. The number of ether oxygens (including phenoxy) is 1. The molecule has 110 valence electrons. The van der Waals surface area contributed by atoms with Crippen LogP contribution in [0.3, 0.4) is 0 Å². The molecule has 0 aliphatic rings. The van der Waals surface area contributed by atoms with Crippen LogP contribution in [-0.2, 0) is 4.79 Å². The molecule has 0 bridgehead atoms. The Morgan fingerprint density at radius 2 is 1.95 bits per heavy atom. The minimum Gasteiger partial charge on any atom is -0.481 e. The maximum absolute atomic E-state index is 12.3. The topological polar surface area (TPSA) is 38.3 Å². The molecule has 1 atom stereocenters. The highest BCUT2D eigenvalue weighted by Gasteiger charge is 2.19. The standard InChI is InChI=1S/C17H18BrNO2/c1-3-16(21-14-7-5-4-6-8-14)17(20)19-15-10-9-13(18)11-12(15)2/h4-11,16H,3H2,1-2H3,(H,19,20)/t16-/m0/s1. The molecular weight excluding hydrogens is 330 g/mol. The van der Waals surface area contributed by atoms with Crippen molar-refractivity contribution in [2.75, 3.05) is 5.32 Å². The summed E-state index contributed by atoms with van der Waals surface area (Å²) in [7, 11) is 0. The highest BCUT2D eigenvalue weighted by molar-refractivity contribution is 9.10. The summed E-state index contributed by atoms with van der Waals surface area (Å²) < 4.78 is 6.73. The first-order chi connectivity index (χ1) is 10.1. The quantitative estimate of drug-likeness (QED) is 0.861. The maximum Gasteiger partial charge on any atom is 0.265 e. The van der Waals surface area contributed by atoms with Gasteiger partial charge in [0.1, 0.15) is 5.75 Å². The average Bonchev–Trinajstić information content (AvgIpc) is 2.48. The second kappa shape index (κ2) is 7.27. The zero-order chi connectivity index (χ0) is 15.2. The Hall–Kier alpha value is -1.81. The summed E-state index contributed by atoms with van der Waals surface area (Å²) in [4.78, 5) is 12.3. The third-order valence-corrected chi connectivity index (χ3v) is 3.62. The lowest BCUT2D eigenvalue weighted by molar-refractivity contribution is -0.122. The van der Waals surface area contributed by atoms with Crippen molar-refractivity contribution in [3.05, 3.63) is 58.6 Å². The molecule has 1 amide bonds. The normalized spacial score (nSPS) is 11.8. The van der Waals surface area contributed by atoms with Crippen molar-refractivity contribution in [2.24, 2.45) is 0 Å². The van der Waals surface area contributed by atoms with E-state index in [1.807, 2.05) is 62.4 Å². The molecule has 0 spiro atoms. The highest BCUT2D eigenvalue weighted by atomic mass is 79.9. The van der Waals surface area contributed by atoms with E-state index >= 15 is 0 Å². The lowest BCUT2D eigenvalue weighted by Gasteiger charge is -2.18. The molecule has 0 aliphatic carbocycles. The van der Waals surface area contributed by atoms with E-state index in [2.05, 4.69) is 21.2 Å². The summed E-state index contributed by atoms with van der Waals surface area (Å²) in [5.41, 5.74) is 1.81. The zero-order valence-corrected chi connectivity index (χ0v) is 13.7. The maximum atomic E-state index is 12.3. The van der Waals surface area contributed by atoms with Gasteiger partial charge >= 0.3 is 0 Å². The van der Waals surface area contributed by atoms with Gasteiger partial charge in [0.05, 0.1) is 0 Å². The SMILES string of the molecule is CC[C@H](Oc1ccccc1)C(=O)Nc1ccc(Br)cc1C. The van der Waals surface area contributed by atoms with Crippen LogP contribution < -0.4 is 10.1 Å². The van der Waals surface area contributed by atoms with Gasteiger partial charge in [-0.3, -0.25) is 4.79 Å². The number of nitrogens with one attached hydrogen (secondary N) is 1. The van der Waals surface area contributed by atoms with E-state index in [4.69, 9.17) is 4.74 Å². The van der Waals surface area contributed by atoms with Gasteiger partial charge < -0.3 is 10.1 Å². The van der Waals surface area contributed by atoms with Gasteiger partial charge in [0.15, 0.2) is 6.10 Å². The molecular formula is C17H18BrNO2. The molecule has 0 saturated heterocycles. The first-order valence-electron chi connectivity index (χ1n) is 6.89. The largest absolute Gasteiger partial charge is 0.481 e. The van der Waals surface area contributed by atoms with Crippen molar-refractivity contribution in [3.8, 4) is 5.75 Å². The van der Waals surface area contributed by atoms with Gasteiger partial charge in [-0.05, 0) is 49.2 Å². The van der Waals surface area contributed by atoms with Crippen molar-refractivity contribution in [3.63, 3.8) is 0 Å². The van der Waals surface area contributed by atoms with Crippen LogP contribution in [0.4, 0.5) is 5.69 Å². The van der Waals surface area contributed by atoms with Crippen LogP contribution in [0.25, 0.3) is 0 Å². The number of anilines is 1. The molecule has 0 fully saturated rings. The predicted molar refractivity (Wildman–Crippen MR) is 88.7 cm³/mol. The van der Waals surface area contributed by atoms with E-state index in [1.54, 1.807) is 0 Å². The molecule has 2 rings (SSSR count). The zero-order valence-electron chi connectivity index (χ0n) is 12.1. The van der Waals surface area contributed by atoms with Crippen LogP contribution in [0.1, 0.15) is 18.9 Å². The van der Waals surface area contributed by atoms with Crippen LogP contribution >= 0.6 is 15.9 Å². The molecule has 0 unspecified atom stereocenters. The van der Waals surface area contributed by atoms with Crippen LogP contribution in [-0.4, -0.2) is 12.0 Å². The van der Waals surface area contributed by atoms with Crippen LogP contribution in [0.15, 0.2) is 53.0 Å². The number of rotatable bonds is 5. The summed E-state index contributed by atoms with van der Waals surface area (Å²) in [5.74, 6) is 0.568. The Kier molecular flexibility index (Phi) is 5.39. The molecule has 0 aromatic heterocycles. The van der Waals surface area contributed by atoms with E-state index in [1.165, 1.54) is 0 Å². The Bertz CT molecular complexity index is 613. The van der Waals surface area contributed by atoms with Crippen molar-refractivity contribution in [1.29, 1.82) is 0 Å². The molecule has 0 saturated carbocycles. The van der Waals surface area contributed by atoms with E-state index in [0.29, 0.717) is 12.2 Å². The van der Waals surface area contributed by atoms with E-state index in [-0.39, 0.29) is 5.91 Å². The van der Waals surface area contributed by atoms with Crippen LogP contribution in [0.5, 0.6) is 5.75 Å². The molecule has 0 radical (unpaired) electrons. The second-order valence-electron chi connectivity index (χ2n) is 4.78. The van der Waals surface area contributed by atoms with Gasteiger partial charge in [0.25, 0.3) is 5.91 Å². The third-order valence-electron chi connectivity index (χ3n) is 3.13. The van der Waals surface area contributed by atoms with Gasteiger partial charge in [-0.15, -0.1) is 0 Å². The van der Waals surface area contributed by atoms with E-state index in [9.17, 15) is 4.79 Å². The Labute approximate surface area is 133 Å². The summed E-state index contributed by atoms with van der Waals surface area (Å²) >= 11 is 3.41. The van der Waals surface area contributed by atoms with Crippen LogP contribution in [0.2, 0.25) is 0 Å². The fourth-order valence-corrected chi connectivity index (χ4v) is 2.44. The number of carbonyl (C=O) groups excluding carboxylic acids is 1. The summed E-state index contributed by atoms with van der Waals surface area (Å²) in [6.07, 6.45) is 0.103. The second-order valence-corrected chi connectivity index (χ2v) is 5.69. The molecule has 2 aromatic carbocycles. The molecule has 0 heterocycles. The number of hydrogen-bond acceptors (Lipinski definition) is 2. The van der Waals surface area contributed by atoms with Crippen LogP contribution in [0, 0.1) is 6.92 Å². The van der Waals surface area contributed by atoms with Gasteiger partial charge in [0.2, 0.25) is 0 Å². The van der Waals surface area contributed by atoms with Crippen molar-refractivity contribution in [1.82, 2.24) is 0 Å². The fraction of sp³-hybridized carbons (Fsp3) is 0.235.